The minimum absolute atomic E-state index is 0.0105. The Kier molecular flexibility index (Phi) is 4.04. The summed E-state index contributed by atoms with van der Waals surface area (Å²) in [5.41, 5.74) is 6.62. The Morgan fingerprint density at radius 3 is 2.54 bits per heavy atom. The quantitative estimate of drug-likeness (QED) is 0.883. The van der Waals surface area contributed by atoms with Gasteiger partial charge in [-0.1, -0.05) is 0 Å². The Bertz CT molecular complexity index is 858. The first-order chi connectivity index (χ1) is 11.2. The van der Waals surface area contributed by atoms with Gasteiger partial charge in [-0.05, 0) is 42.2 Å². The number of rotatable bonds is 5. The first-order valence-corrected chi connectivity index (χ1v) is 8.58. The number of halogens is 3. The molecule has 2 N–H and O–H groups in total. The predicted octanol–water partition coefficient (Wildman–Crippen LogP) is 2.25. The van der Waals surface area contributed by atoms with Gasteiger partial charge in [-0.15, -0.1) is 13.2 Å². The smallest absolute Gasteiger partial charge is 0.406 e. The molecule has 0 spiro atoms. The van der Waals surface area contributed by atoms with Crippen LogP contribution < -0.4 is 10.5 Å². The molecular weight excluding hydrogens is 347 g/mol. The molecule has 1 saturated carbocycles. The molecule has 0 unspecified atom stereocenters. The van der Waals surface area contributed by atoms with Gasteiger partial charge in [0.15, 0.2) is 0 Å². The summed E-state index contributed by atoms with van der Waals surface area (Å²) in [7, 11) is -3.54. The lowest BCUT2D eigenvalue weighted by atomic mass is 10.1. The van der Waals surface area contributed by atoms with Gasteiger partial charge >= 0.3 is 6.36 Å². The molecule has 24 heavy (non-hydrogen) atoms. The monoisotopic (exact) mass is 361 g/mol. The molecule has 1 aliphatic carbocycles. The minimum Gasteiger partial charge on any atom is -0.406 e. The summed E-state index contributed by atoms with van der Waals surface area (Å²) in [5.74, 6) is -0.418. The van der Waals surface area contributed by atoms with Gasteiger partial charge in [0.1, 0.15) is 5.75 Å². The number of nitrogens with two attached hydrogens (primary N) is 1. The van der Waals surface area contributed by atoms with Crippen LogP contribution in [0.2, 0.25) is 0 Å². The molecule has 1 aromatic carbocycles. The zero-order chi connectivity index (χ0) is 17.5. The molecule has 3 rings (SSSR count). The third kappa shape index (κ3) is 3.54. The van der Waals surface area contributed by atoms with Gasteiger partial charge in [-0.25, -0.2) is 8.42 Å². The molecule has 0 bridgehead atoms. The highest BCUT2D eigenvalue weighted by Crippen LogP contribution is 2.32. The maximum Gasteiger partial charge on any atom is 0.573 e. The van der Waals surface area contributed by atoms with Crippen LogP contribution in [-0.2, 0) is 16.6 Å². The van der Waals surface area contributed by atoms with E-state index in [4.69, 9.17) is 5.73 Å². The van der Waals surface area contributed by atoms with E-state index in [-0.39, 0.29) is 6.54 Å². The Morgan fingerprint density at radius 2 is 1.96 bits per heavy atom. The topological polar surface area (TPSA) is 87.2 Å². The van der Waals surface area contributed by atoms with E-state index in [9.17, 15) is 21.6 Å². The molecule has 2 aromatic rings. The Morgan fingerprint density at radius 1 is 1.25 bits per heavy atom. The van der Waals surface area contributed by atoms with E-state index < -0.39 is 27.4 Å². The molecule has 130 valence electrons. The van der Waals surface area contributed by atoms with Crippen molar-refractivity contribution in [2.24, 2.45) is 5.73 Å². The zero-order valence-electron chi connectivity index (χ0n) is 12.3. The van der Waals surface area contributed by atoms with Gasteiger partial charge in [0.05, 0.1) is 17.6 Å². The largest absolute Gasteiger partial charge is 0.573 e. The van der Waals surface area contributed by atoms with E-state index in [1.807, 2.05) is 0 Å². The normalized spacial score (nSPS) is 15.5. The van der Waals surface area contributed by atoms with Crippen LogP contribution in [0.3, 0.4) is 0 Å². The first kappa shape index (κ1) is 16.8. The Hall–Kier alpha value is -2.07. The Labute approximate surface area is 136 Å². The molecule has 0 atom stereocenters. The summed E-state index contributed by atoms with van der Waals surface area (Å²) in [4.78, 5) is 0. The van der Waals surface area contributed by atoms with E-state index in [1.54, 1.807) is 6.07 Å². The number of hydrogen-bond donors (Lipinski definition) is 1. The fourth-order valence-electron chi connectivity index (χ4n) is 2.25. The van der Waals surface area contributed by atoms with Crippen molar-refractivity contribution in [3.05, 3.63) is 36.2 Å². The fourth-order valence-corrected chi connectivity index (χ4v) is 3.73. The standard InChI is InChI=1S/C14H14F3N3O3S/c15-14(16,17)23-12-4-9(6-18)3-10(5-12)11-7-19-20(8-11)24(21,22)13-1-2-13/h3-5,7-8,13H,1-2,6,18H2. The molecule has 0 saturated heterocycles. The summed E-state index contributed by atoms with van der Waals surface area (Å²) >= 11 is 0. The summed E-state index contributed by atoms with van der Waals surface area (Å²) in [6, 6.07) is 3.91. The highest BCUT2D eigenvalue weighted by molar-refractivity contribution is 7.90. The first-order valence-electron chi connectivity index (χ1n) is 7.08. The predicted molar refractivity (Wildman–Crippen MR) is 79.6 cm³/mol. The molecule has 10 heteroatoms. The van der Waals surface area contributed by atoms with Crippen molar-refractivity contribution in [2.45, 2.75) is 31.0 Å². The van der Waals surface area contributed by atoms with Gasteiger partial charge in [-0.3, -0.25) is 0 Å². The summed E-state index contributed by atoms with van der Waals surface area (Å²) in [6.07, 6.45) is -1.09. The van der Waals surface area contributed by atoms with Crippen molar-refractivity contribution in [1.82, 2.24) is 9.19 Å². The minimum atomic E-state index is -4.83. The second kappa shape index (κ2) is 5.78. The SMILES string of the molecule is NCc1cc(OC(F)(F)F)cc(-c2cnn(S(=O)(=O)C3CC3)c2)c1. The van der Waals surface area contributed by atoms with Gasteiger partial charge in [0.2, 0.25) is 0 Å². The molecule has 1 heterocycles. The molecule has 6 nitrogen and oxygen atoms in total. The molecule has 0 aliphatic heterocycles. The average Bonchev–Trinajstić information content (AvgIpc) is 3.22. The molecule has 0 amide bonds. The molecule has 0 radical (unpaired) electrons. The second-order valence-corrected chi connectivity index (χ2v) is 7.53. The van der Waals surface area contributed by atoms with Crippen LogP contribution in [0.5, 0.6) is 5.75 Å². The van der Waals surface area contributed by atoms with E-state index in [0.29, 0.717) is 29.5 Å². The van der Waals surface area contributed by atoms with Crippen LogP contribution in [0.4, 0.5) is 13.2 Å². The number of ether oxygens (including phenoxy) is 1. The maximum absolute atomic E-state index is 12.4. The maximum atomic E-state index is 12.4. The molecule has 1 aliphatic rings. The summed E-state index contributed by atoms with van der Waals surface area (Å²) in [6.45, 7) is 0.0105. The van der Waals surface area contributed by atoms with Gasteiger partial charge in [0, 0.05) is 12.1 Å². The average molecular weight is 361 g/mol. The van der Waals surface area contributed by atoms with Crippen LogP contribution >= 0.6 is 0 Å². The lowest BCUT2D eigenvalue weighted by molar-refractivity contribution is -0.274. The van der Waals surface area contributed by atoms with Crippen LogP contribution in [0.1, 0.15) is 18.4 Å². The van der Waals surface area contributed by atoms with Gasteiger partial charge < -0.3 is 10.5 Å². The molecule has 1 fully saturated rings. The second-order valence-electron chi connectivity index (χ2n) is 5.46. The lowest BCUT2D eigenvalue weighted by Crippen LogP contribution is -2.17. The van der Waals surface area contributed by atoms with E-state index >= 15 is 0 Å². The highest BCUT2D eigenvalue weighted by atomic mass is 32.2. The van der Waals surface area contributed by atoms with Crippen molar-refractivity contribution in [1.29, 1.82) is 0 Å². The van der Waals surface area contributed by atoms with Gasteiger partial charge in [-0.2, -0.15) is 9.19 Å². The fraction of sp³-hybridized carbons (Fsp3) is 0.357. The van der Waals surface area contributed by atoms with E-state index in [2.05, 4.69) is 9.84 Å². The number of benzene rings is 1. The summed E-state index contributed by atoms with van der Waals surface area (Å²) < 4.78 is 66.3. The van der Waals surface area contributed by atoms with E-state index in [1.165, 1.54) is 18.5 Å². The lowest BCUT2D eigenvalue weighted by Gasteiger charge is -2.11. The number of nitrogens with zero attached hydrogens (tertiary/aromatic N) is 2. The Balaban J connectivity index is 1.97. The number of hydrogen-bond acceptors (Lipinski definition) is 5. The van der Waals surface area contributed by atoms with E-state index in [0.717, 1.165) is 10.2 Å². The highest BCUT2D eigenvalue weighted by Gasteiger charge is 2.37. The number of alkyl halides is 3. The molecular formula is C14H14F3N3O3S. The van der Waals surface area contributed by atoms with Crippen molar-refractivity contribution in [2.75, 3.05) is 0 Å². The van der Waals surface area contributed by atoms with Crippen LogP contribution in [0.15, 0.2) is 30.6 Å². The van der Waals surface area contributed by atoms with Crippen LogP contribution in [-0.4, -0.2) is 29.2 Å². The van der Waals surface area contributed by atoms with Crippen molar-refractivity contribution >= 4 is 10.0 Å². The zero-order valence-corrected chi connectivity index (χ0v) is 13.1. The third-order valence-electron chi connectivity index (χ3n) is 3.54. The summed E-state index contributed by atoms with van der Waals surface area (Å²) in [5, 5.41) is 3.38. The van der Waals surface area contributed by atoms with Crippen molar-refractivity contribution in [3.63, 3.8) is 0 Å². The van der Waals surface area contributed by atoms with Crippen molar-refractivity contribution in [3.8, 4) is 16.9 Å². The van der Waals surface area contributed by atoms with Crippen LogP contribution in [0, 0.1) is 0 Å². The molecule has 1 aromatic heterocycles. The van der Waals surface area contributed by atoms with Crippen LogP contribution in [0.25, 0.3) is 11.1 Å². The van der Waals surface area contributed by atoms with Crippen molar-refractivity contribution < 1.29 is 26.3 Å². The number of aromatic nitrogens is 2. The third-order valence-corrected chi connectivity index (χ3v) is 5.57. The van der Waals surface area contributed by atoms with Gasteiger partial charge in [0.25, 0.3) is 10.0 Å².